The standard InChI is InChI=1S/C26H23N3O3S/c30-25(22-10-13-27-14-11-22)29-23-12-15-33-24(23)26(31)28-16-19-6-8-21(9-7-19)18-32-17-20-4-2-1-3-5-20/h1-15H,16-18H2,(H,28,31)(H,29,30). The van der Waals surface area contributed by atoms with Gasteiger partial charge in [-0.3, -0.25) is 14.6 Å². The maximum Gasteiger partial charge on any atom is 0.263 e. The molecule has 6 nitrogen and oxygen atoms in total. The Morgan fingerprint density at radius 3 is 2.18 bits per heavy atom. The van der Waals surface area contributed by atoms with Gasteiger partial charge in [0.05, 0.1) is 18.9 Å². The Bertz CT molecular complexity index is 1190. The number of amides is 2. The molecule has 4 aromatic rings. The zero-order chi connectivity index (χ0) is 22.9. The molecule has 0 bridgehead atoms. The van der Waals surface area contributed by atoms with E-state index < -0.39 is 0 Å². The number of nitrogens with one attached hydrogen (secondary N) is 2. The molecule has 0 fully saturated rings. The quantitative estimate of drug-likeness (QED) is 0.369. The molecule has 2 amide bonds. The smallest absolute Gasteiger partial charge is 0.263 e. The Hall–Kier alpha value is -3.81. The maximum absolute atomic E-state index is 12.7. The molecule has 0 atom stereocenters. The van der Waals surface area contributed by atoms with Crippen molar-refractivity contribution in [3.8, 4) is 0 Å². The summed E-state index contributed by atoms with van der Waals surface area (Å²) in [5, 5.41) is 7.49. The molecule has 2 N–H and O–H groups in total. The van der Waals surface area contributed by atoms with Gasteiger partial charge in [-0.1, -0.05) is 54.6 Å². The summed E-state index contributed by atoms with van der Waals surface area (Å²) in [5.74, 6) is -0.514. The fourth-order valence-electron chi connectivity index (χ4n) is 3.16. The van der Waals surface area contributed by atoms with Gasteiger partial charge >= 0.3 is 0 Å². The van der Waals surface area contributed by atoms with Gasteiger partial charge in [-0.2, -0.15) is 0 Å². The van der Waals surface area contributed by atoms with E-state index in [1.165, 1.54) is 11.3 Å². The van der Waals surface area contributed by atoms with E-state index in [-0.39, 0.29) is 11.8 Å². The first-order valence-electron chi connectivity index (χ1n) is 10.5. The number of carbonyl (C=O) groups is 2. The Morgan fingerprint density at radius 2 is 1.45 bits per heavy atom. The van der Waals surface area contributed by atoms with Gasteiger partial charge in [0, 0.05) is 24.5 Å². The van der Waals surface area contributed by atoms with Crippen LogP contribution in [-0.2, 0) is 24.5 Å². The Morgan fingerprint density at radius 1 is 0.788 bits per heavy atom. The Kier molecular flexibility index (Phi) is 7.58. The lowest BCUT2D eigenvalue weighted by molar-refractivity contribution is 0.0955. The molecular formula is C26H23N3O3S. The number of pyridine rings is 1. The molecule has 33 heavy (non-hydrogen) atoms. The predicted molar refractivity (Wildman–Crippen MR) is 129 cm³/mol. The van der Waals surface area contributed by atoms with Crippen LogP contribution in [0.25, 0.3) is 0 Å². The van der Waals surface area contributed by atoms with E-state index in [1.54, 1.807) is 36.0 Å². The molecular weight excluding hydrogens is 434 g/mol. The van der Waals surface area contributed by atoms with Crippen LogP contribution in [0.1, 0.15) is 36.7 Å². The fraction of sp³-hybridized carbons (Fsp3) is 0.115. The van der Waals surface area contributed by atoms with Crippen molar-refractivity contribution in [1.29, 1.82) is 0 Å². The lowest BCUT2D eigenvalue weighted by Crippen LogP contribution is -2.23. The van der Waals surface area contributed by atoms with E-state index in [4.69, 9.17) is 4.74 Å². The minimum absolute atomic E-state index is 0.231. The number of anilines is 1. The van der Waals surface area contributed by atoms with Gasteiger partial charge in [-0.05, 0) is 40.3 Å². The Balaban J connectivity index is 1.27. The summed E-state index contributed by atoms with van der Waals surface area (Å²) in [6.07, 6.45) is 3.10. The van der Waals surface area contributed by atoms with E-state index >= 15 is 0 Å². The molecule has 2 heterocycles. The lowest BCUT2D eigenvalue weighted by atomic mass is 10.1. The van der Waals surface area contributed by atoms with Crippen molar-refractivity contribution in [2.75, 3.05) is 5.32 Å². The van der Waals surface area contributed by atoms with Crippen LogP contribution in [-0.4, -0.2) is 16.8 Å². The van der Waals surface area contributed by atoms with Crippen LogP contribution >= 0.6 is 11.3 Å². The molecule has 0 saturated heterocycles. The van der Waals surface area contributed by atoms with Crippen LogP contribution in [0.3, 0.4) is 0 Å². The number of aromatic nitrogens is 1. The molecule has 0 aliphatic rings. The second-order valence-corrected chi connectivity index (χ2v) is 8.25. The molecule has 0 saturated carbocycles. The highest BCUT2D eigenvalue weighted by Crippen LogP contribution is 2.23. The van der Waals surface area contributed by atoms with Crippen LogP contribution in [0.2, 0.25) is 0 Å². The van der Waals surface area contributed by atoms with Crippen molar-refractivity contribution in [1.82, 2.24) is 10.3 Å². The normalized spacial score (nSPS) is 10.5. The third-order valence-corrected chi connectivity index (χ3v) is 5.83. The topological polar surface area (TPSA) is 80.3 Å². The first kappa shape index (κ1) is 22.4. The minimum atomic E-state index is -0.282. The van der Waals surface area contributed by atoms with Crippen LogP contribution < -0.4 is 10.6 Å². The highest BCUT2D eigenvalue weighted by molar-refractivity contribution is 7.12. The van der Waals surface area contributed by atoms with Gasteiger partial charge in [0.15, 0.2) is 0 Å². The van der Waals surface area contributed by atoms with Crippen LogP contribution in [0, 0.1) is 0 Å². The number of benzene rings is 2. The van der Waals surface area contributed by atoms with Gasteiger partial charge in [-0.15, -0.1) is 11.3 Å². The largest absolute Gasteiger partial charge is 0.372 e. The molecule has 0 aliphatic heterocycles. The first-order valence-corrected chi connectivity index (χ1v) is 11.3. The summed E-state index contributed by atoms with van der Waals surface area (Å²) in [7, 11) is 0. The molecule has 7 heteroatoms. The van der Waals surface area contributed by atoms with Gasteiger partial charge in [0.2, 0.25) is 0 Å². The summed E-state index contributed by atoms with van der Waals surface area (Å²) in [6, 6.07) is 23.0. The van der Waals surface area contributed by atoms with Crippen LogP contribution in [0.4, 0.5) is 5.69 Å². The number of ether oxygens (including phenoxy) is 1. The van der Waals surface area contributed by atoms with Crippen LogP contribution in [0.5, 0.6) is 0 Å². The number of rotatable bonds is 9. The number of carbonyl (C=O) groups excluding carboxylic acids is 2. The minimum Gasteiger partial charge on any atom is -0.372 e. The summed E-state index contributed by atoms with van der Waals surface area (Å²) in [5.41, 5.74) is 4.16. The first-order chi connectivity index (χ1) is 16.2. The average molecular weight is 458 g/mol. The SMILES string of the molecule is O=C(Nc1ccsc1C(=O)NCc1ccc(COCc2ccccc2)cc1)c1ccncc1. The Labute approximate surface area is 196 Å². The highest BCUT2D eigenvalue weighted by atomic mass is 32.1. The third kappa shape index (κ3) is 6.35. The summed E-state index contributed by atoms with van der Waals surface area (Å²) in [4.78, 5) is 29.4. The second-order valence-electron chi connectivity index (χ2n) is 7.33. The molecule has 0 unspecified atom stereocenters. The summed E-state index contributed by atoms with van der Waals surface area (Å²) >= 11 is 1.28. The summed E-state index contributed by atoms with van der Waals surface area (Å²) < 4.78 is 5.76. The van der Waals surface area contributed by atoms with E-state index in [9.17, 15) is 9.59 Å². The highest BCUT2D eigenvalue weighted by Gasteiger charge is 2.16. The molecule has 2 aromatic heterocycles. The average Bonchev–Trinajstić information content (AvgIpc) is 3.33. The zero-order valence-electron chi connectivity index (χ0n) is 17.9. The van der Waals surface area contributed by atoms with E-state index in [0.717, 1.165) is 16.7 Å². The van der Waals surface area contributed by atoms with Gasteiger partial charge in [0.25, 0.3) is 11.8 Å². The molecule has 0 radical (unpaired) electrons. The lowest BCUT2D eigenvalue weighted by Gasteiger charge is -2.09. The number of hydrogen-bond acceptors (Lipinski definition) is 5. The maximum atomic E-state index is 12.7. The van der Waals surface area contributed by atoms with Crippen molar-refractivity contribution in [2.24, 2.45) is 0 Å². The molecule has 0 spiro atoms. The van der Waals surface area contributed by atoms with Crippen LogP contribution in [0.15, 0.2) is 90.6 Å². The van der Waals surface area contributed by atoms with Crippen molar-refractivity contribution in [3.63, 3.8) is 0 Å². The number of hydrogen-bond donors (Lipinski definition) is 2. The monoisotopic (exact) mass is 457 g/mol. The van der Waals surface area contributed by atoms with Gasteiger partial charge in [-0.25, -0.2) is 0 Å². The molecule has 2 aromatic carbocycles. The number of nitrogens with zero attached hydrogens (tertiary/aromatic N) is 1. The van der Waals surface area contributed by atoms with Crippen molar-refractivity contribution >= 4 is 28.8 Å². The predicted octanol–water partition coefficient (Wildman–Crippen LogP) is 5.04. The molecule has 0 aliphatic carbocycles. The fourth-order valence-corrected chi connectivity index (χ4v) is 3.92. The van der Waals surface area contributed by atoms with Gasteiger partial charge in [0.1, 0.15) is 4.88 Å². The number of thiophene rings is 1. The van der Waals surface area contributed by atoms with Crippen molar-refractivity contribution in [3.05, 3.63) is 118 Å². The van der Waals surface area contributed by atoms with E-state index in [0.29, 0.717) is 35.9 Å². The third-order valence-electron chi connectivity index (χ3n) is 4.92. The second kappa shape index (κ2) is 11.2. The summed E-state index contributed by atoms with van der Waals surface area (Å²) in [6.45, 7) is 1.48. The zero-order valence-corrected chi connectivity index (χ0v) is 18.7. The molecule has 4 rings (SSSR count). The van der Waals surface area contributed by atoms with E-state index in [2.05, 4.69) is 15.6 Å². The van der Waals surface area contributed by atoms with Crippen molar-refractivity contribution < 1.29 is 14.3 Å². The van der Waals surface area contributed by atoms with Gasteiger partial charge < -0.3 is 15.4 Å². The van der Waals surface area contributed by atoms with E-state index in [1.807, 2.05) is 54.6 Å². The molecule has 166 valence electrons. The van der Waals surface area contributed by atoms with Crippen molar-refractivity contribution in [2.45, 2.75) is 19.8 Å².